The van der Waals surface area contributed by atoms with Crippen LogP contribution in [0.4, 0.5) is 5.69 Å². The summed E-state index contributed by atoms with van der Waals surface area (Å²) in [5, 5.41) is 3.63. The average molecular weight is 403 g/mol. The molecule has 0 atom stereocenters. The van der Waals surface area contributed by atoms with Crippen LogP contribution in [0.1, 0.15) is 21.5 Å². The van der Waals surface area contributed by atoms with E-state index >= 15 is 0 Å². The number of aromatic nitrogens is 1. The van der Waals surface area contributed by atoms with Crippen molar-refractivity contribution < 1.29 is 9.21 Å². The number of hydrogen-bond acceptors (Lipinski definition) is 3. The molecule has 5 heteroatoms. The van der Waals surface area contributed by atoms with Crippen LogP contribution in [0.15, 0.2) is 77.3 Å². The highest BCUT2D eigenvalue weighted by atomic mass is 35.5. The van der Waals surface area contributed by atoms with Crippen LogP contribution in [0.25, 0.3) is 22.8 Å². The maximum Gasteiger partial charge on any atom is 0.256 e. The Kier molecular flexibility index (Phi) is 5.19. The summed E-state index contributed by atoms with van der Waals surface area (Å²) < 4.78 is 5.94. The standard InChI is InChI=1S/C24H19ClN2O2/c1-15-11-16(2)13-19(12-15)27-23(28)20-5-3-4-6-21(20)24-26-14-22(29-24)17-7-9-18(25)10-8-17/h3-14H,1-2H3,(H,27,28). The summed E-state index contributed by atoms with van der Waals surface area (Å²) in [7, 11) is 0. The summed E-state index contributed by atoms with van der Waals surface area (Å²) in [6.07, 6.45) is 1.65. The lowest BCUT2D eigenvalue weighted by Crippen LogP contribution is -2.13. The summed E-state index contributed by atoms with van der Waals surface area (Å²) in [5.41, 5.74) is 4.94. The van der Waals surface area contributed by atoms with Crippen molar-refractivity contribution in [2.24, 2.45) is 0 Å². The van der Waals surface area contributed by atoms with Crippen LogP contribution in [0.2, 0.25) is 5.02 Å². The van der Waals surface area contributed by atoms with Crippen molar-refractivity contribution in [1.29, 1.82) is 0 Å². The normalized spacial score (nSPS) is 10.7. The maximum absolute atomic E-state index is 12.9. The second-order valence-corrected chi connectivity index (χ2v) is 7.35. The third-order valence-electron chi connectivity index (χ3n) is 4.52. The van der Waals surface area contributed by atoms with E-state index in [9.17, 15) is 4.79 Å². The highest BCUT2D eigenvalue weighted by molar-refractivity contribution is 6.30. The molecule has 0 aliphatic carbocycles. The van der Waals surface area contributed by atoms with Gasteiger partial charge in [0.25, 0.3) is 5.91 Å². The third kappa shape index (κ3) is 4.23. The smallest absolute Gasteiger partial charge is 0.256 e. The number of nitrogens with one attached hydrogen (secondary N) is 1. The Labute approximate surface area is 174 Å². The molecule has 4 nitrogen and oxygen atoms in total. The van der Waals surface area contributed by atoms with E-state index < -0.39 is 0 Å². The van der Waals surface area contributed by atoms with Crippen LogP contribution in [-0.2, 0) is 0 Å². The quantitative estimate of drug-likeness (QED) is 0.422. The van der Waals surface area contributed by atoms with Crippen molar-refractivity contribution in [2.75, 3.05) is 5.32 Å². The van der Waals surface area contributed by atoms with Gasteiger partial charge in [-0.15, -0.1) is 0 Å². The first kappa shape index (κ1) is 19.0. The van der Waals surface area contributed by atoms with Gasteiger partial charge in [0.15, 0.2) is 5.76 Å². The zero-order valence-corrected chi connectivity index (χ0v) is 16.8. The first-order valence-electron chi connectivity index (χ1n) is 9.20. The molecule has 0 unspecified atom stereocenters. The van der Waals surface area contributed by atoms with Crippen LogP contribution < -0.4 is 5.32 Å². The molecule has 0 saturated heterocycles. The van der Waals surface area contributed by atoms with Gasteiger partial charge in [-0.2, -0.15) is 0 Å². The van der Waals surface area contributed by atoms with Gasteiger partial charge in [0.2, 0.25) is 5.89 Å². The number of carbonyl (C=O) groups excluding carboxylic acids is 1. The summed E-state index contributed by atoms with van der Waals surface area (Å²) in [5.74, 6) is 0.791. The Hall–Kier alpha value is -3.37. The van der Waals surface area contributed by atoms with Crippen LogP contribution in [0.5, 0.6) is 0 Å². The molecule has 1 amide bonds. The molecule has 0 spiro atoms. The van der Waals surface area contributed by atoms with E-state index in [2.05, 4.69) is 16.4 Å². The maximum atomic E-state index is 12.9. The molecular weight excluding hydrogens is 384 g/mol. The number of benzene rings is 3. The topological polar surface area (TPSA) is 55.1 Å². The predicted molar refractivity (Wildman–Crippen MR) is 116 cm³/mol. The number of carbonyl (C=O) groups is 1. The van der Waals surface area contributed by atoms with Gasteiger partial charge < -0.3 is 9.73 Å². The molecule has 0 bridgehead atoms. The second-order valence-electron chi connectivity index (χ2n) is 6.91. The lowest BCUT2D eigenvalue weighted by atomic mass is 10.1. The molecule has 1 N–H and O–H groups in total. The third-order valence-corrected chi connectivity index (χ3v) is 4.77. The van der Waals surface area contributed by atoms with E-state index in [1.54, 1.807) is 24.4 Å². The fourth-order valence-corrected chi connectivity index (χ4v) is 3.39. The zero-order valence-electron chi connectivity index (χ0n) is 16.1. The van der Waals surface area contributed by atoms with Gasteiger partial charge in [0.05, 0.1) is 11.8 Å². The molecule has 1 heterocycles. The number of oxazole rings is 1. The van der Waals surface area contributed by atoms with Gasteiger partial charge in [0.1, 0.15) is 0 Å². The second kappa shape index (κ2) is 7.94. The lowest BCUT2D eigenvalue weighted by Gasteiger charge is -2.10. The number of halogens is 1. The monoisotopic (exact) mass is 402 g/mol. The van der Waals surface area contributed by atoms with Crippen molar-refractivity contribution in [1.82, 2.24) is 4.98 Å². The zero-order chi connectivity index (χ0) is 20.4. The molecule has 0 radical (unpaired) electrons. The Balaban J connectivity index is 1.65. The van der Waals surface area contributed by atoms with E-state index in [-0.39, 0.29) is 5.91 Å². The summed E-state index contributed by atoms with van der Waals surface area (Å²) in [4.78, 5) is 17.3. The molecule has 0 fully saturated rings. The van der Waals surface area contributed by atoms with Crippen molar-refractivity contribution in [3.63, 3.8) is 0 Å². The van der Waals surface area contributed by atoms with Crippen molar-refractivity contribution >= 4 is 23.2 Å². The van der Waals surface area contributed by atoms with E-state index in [0.717, 1.165) is 22.4 Å². The first-order valence-corrected chi connectivity index (χ1v) is 9.58. The molecule has 4 aromatic rings. The summed E-state index contributed by atoms with van der Waals surface area (Å²) >= 11 is 5.95. The van der Waals surface area contributed by atoms with Crippen LogP contribution in [0.3, 0.4) is 0 Å². The molecular formula is C24H19ClN2O2. The summed E-state index contributed by atoms with van der Waals surface area (Å²) in [6.45, 7) is 4.00. The number of anilines is 1. The number of aryl methyl sites for hydroxylation is 2. The van der Waals surface area contributed by atoms with Gasteiger partial charge in [0, 0.05) is 21.8 Å². The van der Waals surface area contributed by atoms with Crippen LogP contribution in [0, 0.1) is 13.8 Å². The van der Waals surface area contributed by atoms with Gasteiger partial charge in [-0.25, -0.2) is 4.98 Å². The van der Waals surface area contributed by atoms with E-state index in [0.29, 0.717) is 27.8 Å². The van der Waals surface area contributed by atoms with Gasteiger partial charge in [-0.3, -0.25) is 4.79 Å². The molecule has 4 rings (SSSR count). The fraction of sp³-hybridized carbons (Fsp3) is 0.0833. The van der Waals surface area contributed by atoms with Gasteiger partial charge in [-0.1, -0.05) is 29.8 Å². The van der Waals surface area contributed by atoms with Crippen molar-refractivity contribution in [3.8, 4) is 22.8 Å². The molecule has 144 valence electrons. The van der Waals surface area contributed by atoms with E-state index in [1.165, 1.54) is 0 Å². The summed E-state index contributed by atoms with van der Waals surface area (Å²) in [6, 6.07) is 20.5. The van der Waals surface area contributed by atoms with Crippen LogP contribution >= 0.6 is 11.6 Å². The average Bonchev–Trinajstić information content (AvgIpc) is 3.18. The Morgan fingerprint density at radius 2 is 1.66 bits per heavy atom. The van der Waals surface area contributed by atoms with E-state index in [1.807, 2.05) is 56.3 Å². The molecule has 3 aromatic carbocycles. The minimum atomic E-state index is -0.211. The number of hydrogen-bond donors (Lipinski definition) is 1. The molecule has 29 heavy (non-hydrogen) atoms. The SMILES string of the molecule is Cc1cc(C)cc(NC(=O)c2ccccc2-c2ncc(-c3ccc(Cl)cc3)o2)c1. The molecule has 0 saturated carbocycles. The van der Waals surface area contributed by atoms with Gasteiger partial charge in [-0.05, 0) is 73.5 Å². The minimum absolute atomic E-state index is 0.211. The predicted octanol–water partition coefficient (Wildman–Crippen LogP) is 6.53. The van der Waals surface area contributed by atoms with Gasteiger partial charge >= 0.3 is 0 Å². The minimum Gasteiger partial charge on any atom is -0.436 e. The Morgan fingerprint density at radius 1 is 0.966 bits per heavy atom. The lowest BCUT2D eigenvalue weighted by molar-refractivity contribution is 0.102. The highest BCUT2D eigenvalue weighted by Gasteiger charge is 2.17. The fourth-order valence-electron chi connectivity index (χ4n) is 3.26. The molecule has 0 aliphatic rings. The van der Waals surface area contributed by atoms with Crippen molar-refractivity contribution in [3.05, 3.63) is 94.6 Å². The molecule has 1 aromatic heterocycles. The number of amides is 1. The number of nitrogens with zero attached hydrogens (tertiary/aromatic N) is 1. The Bertz CT molecular complexity index is 1160. The largest absolute Gasteiger partial charge is 0.436 e. The Morgan fingerprint density at radius 3 is 2.38 bits per heavy atom. The van der Waals surface area contributed by atoms with Crippen molar-refractivity contribution in [2.45, 2.75) is 13.8 Å². The van der Waals surface area contributed by atoms with E-state index in [4.69, 9.17) is 16.0 Å². The van der Waals surface area contributed by atoms with Crippen LogP contribution in [-0.4, -0.2) is 10.9 Å². The first-order chi connectivity index (χ1) is 14.0. The number of rotatable bonds is 4. The highest BCUT2D eigenvalue weighted by Crippen LogP contribution is 2.29. The molecule has 0 aliphatic heterocycles.